The summed E-state index contributed by atoms with van der Waals surface area (Å²) in [7, 11) is 1.61. The average Bonchev–Trinajstić information content (AvgIpc) is 3.06. The van der Waals surface area contributed by atoms with E-state index in [0.29, 0.717) is 21.9 Å². The lowest BCUT2D eigenvalue weighted by atomic mass is 10.0. The van der Waals surface area contributed by atoms with Gasteiger partial charge in [-0.1, -0.05) is 42.5 Å². The molecule has 7 heteroatoms. The van der Waals surface area contributed by atoms with Crippen molar-refractivity contribution in [2.24, 2.45) is 5.10 Å². The quantitative estimate of drug-likeness (QED) is 0.410. The Morgan fingerprint density at radius 3 is 2.81 bits per heavy atom. The molecule has 27 heavy (non-hydrogen) atoms. The number of H-pyrrole nitrogens is 1. The van der Waals surface area contributed by atoms with Gasteiger partial charge in [0.1, 0.15) is 11.6 Å². The second-order valence-corrected chi connectivity index (χ2v) is 6.21. The molecule has 0 bridgehead atoms. The molecule has 0 spiro atoms. The first kappa shape index (κ1) is 17.1. The highest BCUT2D eigenvalue weighted by Crippen LogP contribution is 2.27. The fourth-order valence-electron chi connectivity index (χ4n) is 2.92. The molecule has 0 unspecified atom stereocenters. The van der Waals surface area contributed by atoms with Gasteiger partial charge in [-0.15, -0.1) is 0 Å². The first-order valence-electron chi connectivity index (χ1n) is 8.21. The zero-order valence-electron chi connectivity index (χ0n) is 14.4. The van der Waals surface area contributed by atoms with Gasteiger partial charge in [-0.3, -0.25) is 0 Å². The standard InChI is InChI=1S/C20H15FN4OS/c1-26-18-10-9-13-5-2-3-8-16(13)17(18)12-22-25-19(23-24-20(25)27)14-6-4-7-15(21)11-14/h2-12H,1H3,(H,24,27)/b22-12-. The Hall–Kier alpha value is -3.32. The molecule has 0 radical (unpaired) electrons. The number of rotatable bonds is 4. The van der Waals surface area contributed by atoms with E-state index in [9.17, 15) is 4.39 Å². The van der Waals surface area contributed by atoms with Crippen LogP contribution >= 0.6 is 12.2 Å². The smallest absolute Gasteiger partial charge is 0.216 e. The van der Waals surface area contributed by atoms with Crippen molar-refractivity contribution in [1.82, 2.24) is 14.9 Å². The average molecular weight is 378 g/mol. The molecule has 1 heterocycles. The van der Waals surface area contributed by atoms with Crippen LogP contribution in [0.3, 0.4) is 0 Å². The van der Waals surface area contributed by atoms with E-state index in [4.69, 9.17) is 17.0 Å². The summed E-state index contributed by atoms with van der Waals surface area (Å²) in [5, 5.41) is 13.4. The summed E-state index contributed by atoms with van der Waals surface area (Å²) >= 11 is 5.28. The van der Waals surface area contributed by atoms with E-state index in [1.807, 2.05) is 36.4 Å². The summed E-state index contributed by atoms with van der Waals surface area (Å²) in [4.78, 5) is 0. The highest BCUT2D eigenvalue weighted by atomic mass is 32.1. The van der Waals surface area contributed by atoms with Crippen molar-refractivity contribution in [2.75, 3.05) is 7.11 Å². The Balaban J connectivity index is 1.85. The Morgan fingerprint density at radius 2 is 2.00 bits per heavy atom. The molecule has 0 saturated carbocycles. The van der Waals surface area contributed by atoms with E-state index in [1.54, 1.807) is 25.5 Å². The van der Waals surface area contributed by atoms with Crippen molar-refractivity contribution < 1.29 is 9.13 Å². The number of nitrogens with zero attached hydrogens (tertiary/aromatic N) is 3. The van der Waals surface area contributed by atoms with Gasteiger partial charge in [0.15, 0.2) is 5.82 Å². The van der Waals surface area contributed by atoms with E-state index in [2.05, 4.69) is 15.3 Å². The molecule has 0 aliphatic heterocycles. The first-order valence-corrected chi connectivity index (χ1v) is 8.61. The van der Waals surface area contributed by atoms with Crippen molar-refractivity contribution in [1.29, 1.82) is 0 Å². The lowest BCUT2D eigenvalue weighted by Crippen LogP contribution is -1.98. The molecular weight excluding hydrogens is 363 g/mol. The zero-order valence-corrected chi connectivity index (χ0v) is 15.2. The fourth-order valence-corrected chi connectivity index (χ4v) is 3.09. The summed E-state index contributed by atoms with van der Waals surface area (Å²) in [5.74, 6) is 0.766. The zero-order chi connectivity index (χ0) is 18.8. The van der Waals surface area contributed by atoms with Crippen molar-refractivity contribution >= 4 is 29.2 Å². The Morgan fingerprint density at radius 1 is 1.15 bits per heavy atom. The molecule has 1 aromatic heterocycles. The number of hydrogen-bond donors (Lipinski definition) is 1. The number of hydrogen-bond acceptors (Lipinski definition) is 4. The lowest BCUT2D eigenvalue weighted by molar-refractivity contribution is 0.415. The van der Waals surface area contributed by atoms with E-state index in [1.165, 1.54) is 16.8 Å². The van der Waals surface area contributed by atoms with E-state index >= 15 is 0 Å². The van der Waals surface area contributed by atoms with E-state index in [0.717, 1.165) is 16.3 Å². The highest BCUT2D eigenvalue weighted by Gasteiger charge is 2.10. The van der Waals surface area contributed by atoms with Crippen LogP contribution in [0, 0.1) is 10.6 Å². The third kappa shape index (κ3) is 3.24. The topological polar surface area (TPSA) is 55.2 Å². The Bertz CT molecular complexity index is 1210. The third-order valence-corrected chi connectivity index (χ3v) is 4.45. The van der Waals surface area contributed by atoms with Crippen LogP contribution < -0.4 is 4.74 Å². The van der Waals surface area contributed by atoms with Gasteiger partial charge < -0.3 is 4.74 Å². The molecule has 0 aliphatic carbocycles. The molecule has 0 atom stereocenters. The van der Waals surface area contributed by atoms with Crippen molar-refractivity contribution in [2.45, 2.75) is 0 Å². The van der Waals surface area contributed by atoms with Crippen LogP contribution in [0.25, 0.3) is 22.2 Å². The Kier molecular flexibility index (Phi) is 4.52. The number of aromatic nitrogens is 3. The summed E-state index contributed by atoms with van der Waals surface area (Å²) in [6.45, 7) is 0. The van der Waals surface area contributed by atoms with Crippen LogP contribution in [0.2, 0.25) is 0 Å². The molecule has 0 aliphatic rings. The molecule has 5 nitrogen and oxygen atoms in total. The second-order valence-electron chi connectivity index (χ2n) is 5.82. The maximum atomic E-state index is 13.6. The lowest BCUT2D eigenvalue weighted by Gasteiger charge is -2.08. The first-order chi connectivity index (χ1) is 13.2. The highest BCUT2D eigenvalue weighted by molar-refractivity contribution is 7.71. The molecule has 1 N–H and O–H groups in total. The number of fused-ring (bicyclic) bond motifs is 1. The maximum absolute atomic E-state index is 13.6. The predicted molar refractivity (Wildman–Crippen MR) is 106 cm³/mol. The summed E-state index contributed by atoms with van der Waals surface area (Å²) < 4.78 is 20.8. The SMILES string of the molecule is COc1ccc2ccccc2c1/C=N\n1c(-c2cccc(F)c2)n[nH]c1=S. The van der Waals surface area contributed by atoms with Gasteiger partial charge >= 0.3 is 0 Å². The Labute approximate surface area is 159 Å². The van der Waals surface area contributed by atoms with Crippen molar-refractivity contribution in [3.05, 3.63) is 76.8 Å². The van der Waals surface area contributed by atoms with Gasteiger partial charge in [0, 0.05) is 11.1 Å². The second kappa shape index (κ2) is 7.13. The van der Waals surface area contributed by atoms with Crippen LogP contribution in [0.4, 0.5) is 4.39 Å². The summed E-state index contributed by atoms with van der Waals surface area (Å²) in [5.41, 5.74) is 1.40. The van der Waals surface area contributed by atoms with Crippen LogP contribution in [0.1, 0.15) is 5.56 Å². The number of halogens is 1. The van der Waals surface area contributed by atoms with Crippen molar-refractivity contribution in [3.8, 4) is 17.1 Å². The van der Waals surface area contributed by atoms with Gasteiger partial charge in [0.2, 0.25) is 4.77 Å². The molecule has 0 saturated heterocycles. The van der Waals surface area contributed by atoms with Crippen LogP contribution in [-0.4, -0.2) is 28.2 Å². The molecule has 4 rings (SSSR count). The van der Waals surface area contributed by atoms with E-state index in [-0.39, 0.29) is 5.82 Å². The minimum atomic E-state index is -0.354. The number of nitrogens with one attached hydrogen (secondary N) is 1. The fraction of sp³-hybridized carbons (Fsp3) is 0.0500. The van der Waals surface area contributed by atoms with E-state index < -0.39 is 0 Å². The summed E-state index contributed by atoms with van der Waals surface area (Å²) in [6.07, 6.45) is 1.68. The number of ether oxygens (including phenoxy) is 1. The maximum Gasteiger partial charge on any atom is 0.216 e. The molecule has 0 amide bonds. The van der Waals surface area contributed by atoms with Gasteiger partial charge in [-0.2, -0.15) is 14.9 Å². The van der Waals surface area contributed by atoms with Crippen LogP contribution in [-0.2, 0) is 0 Å². The minimum Gasteiger partial charge on any atom is -0.496 e. The molecule has 4 aromatic rings. The predicted octanol–water partition coefficient (Wildman–Crippen LogP) is 4.79. The van der Waals surface area contributed by atoms with Gasteiger partial charge in [-0.25, -0.2) is 9.49 Å². The van der Waals surface area contributed by atoms with Crippen LogP contribution in [0.15, 0.2) is 65.8 Å². The largest absolute Gasteiger partial charge is 0.496 e. The normalized spacial score (nSPS) is 11.3. The molecule has 0 fully saturated rings. The third-order valence-electron chi connectivity index (χ3n) is 4.19. The number of benzene rings is 3. The van der Waals surface area contributed by atoms with Gasteiger partial charge in [-0.05, 0) is 41.2 Å². The number of aromatic amines is 1. The monoisotopic (exact) mass is 378 g/mol. The summed E-state index contributed by atoms with van der Waals surface area (Å²) in [6, 6.07) is 18.0. The van der Waals surface area contributed by atoms with Gasteiger partial charge in [0.05, 0.1) is 13.3 Å². The van der Waals surface area contributed by atoms with Crippen molar-refractivity contribution in [3.63, 3.8) is 0 Å². The molecular formula is C20H15FN4OS. The molecule has 134 valence electrons. The van der Waals surface area contributed by atoms with Crippen LogP contribution in [0.5, 0.6) is 5.75 Å². The number of methoxy groups -OCH3 is 1. The molecule has 3 aromatic carbocycles. The van der Waals surface area contributed by atoms with Gasteiger partial charge in [0.25, 0.3) is 0 Å². The minimum absolute atomic E-state index is 0.310.